The summed E-state index contributed by atoms with van der Waals surface area (Å²) in [6.45, 7) is 2.13. The van der Waals surface area contributed by atoms with Gasteiger partial charge in [0.2, 0.25) is 5.88 Å². The Labute approximate surface area is 123 Å². The minimum atomic E-state index is -0.516. The van der Waals surface area contributed by atoms with Crippen LogP contribution in [-0.4, -0.2) is 18.1 Å². The summed E-state index contributed by atoms with van der Waals surface area (Å²) in [7, 11) is 1.30. The molecule has 1 aromatic carbocycles. The highest BCUT2D eigenvalue weighted by molar-refractivity contribution is 5.96. The number of nitrogen functional groups attached to an aromatic ring is 1. The summed E-state index contributed by atoms with van der Waals surface area (Å²) in [6, 6.07) is 9.21. The van der Waals surface area contributed by atoms with Crippen molar-refractivity contribution in [2.24, 2.45) is 0 Å². The third-order valence-corrected chi connectivity index (χ3v) is 3.04. The average molecular weight is 286 g/mol. The van der Waals surface area contributed by atoms with E-state index in [0.717, 1.165) is 12.8 Å². The molecule has 0 atom stereocenters. The highest BCUT2D eigenvalue weighted by atomic mass is 16.5. The van der Waals surface area contributed by atoms with Crippen LogP contribution in [0.1, 0.15) is 29.3 Å². The first-order chi connectivity index (χ1) is 10.2. The zero-order valence-corrected chi connectivity index (χ0v) is 12.1. The molecule has 1 aromatic heterocycles. The lowest BCUT2D eigenvalue weighted by atomic mass is 10.1. The van der Waals surface area contributed by atoms with Gasteiger partial charge in [-0.25, -0.2) is 9.78 Å². The van der Waals surface area contributed by atoms with Crippen LogP contribution in [0.25, 0.3) is 0 Å². The average Bonchev–Trinajstić information content (AvgIpc) is 2.51. The number of hydrogen-bond acceptors (Lipinski definition) is 5. The zero-order valence-electron chi connectivity index (χ0n) is 12.1. The Kier molecular flexibility index (Phi) is 4.77. The predicted molar refractivity (Wildman–Crippen MR) is 80.5 cm³/mol. The molecule has 0 saturated heterocycles. The topological polar surface area (TPSA) is 74.4 Å². The van der Waals surface area contributed by atoms with Crippen molar-refractivity contribution in [2.45, 2.75) is 19.8 Å². The Morgan fingerprint density at radius 1 is 1.24 bits per heavy atom. The summed E-state index contributed by atoms with van der Waals surface area (Å²) in [5.41, 5.74) is 7.55. The van der Waals surface area contributed by atoms with Crippen LogP contribution in [0.2, 0.25) is 0 Å². The van der Waals surface area contributed by atoms with Crippen LogP contribution in [0.4, 0.5) is 5.69 Å². The number of aromatic nitrogens is 1. The number of nitrogens with two attached hydrogens (primary N) is 1. The number of rotatable bonds is 5. The number of carbonyl (C=O) groups is 1. The van der Waals surface area contributed by atoms with E-state index in [-0.39, 0.29) is 17.1 Å². The molecule has 21 heavy (non-hydrogen) atoms. The second kappa shape index (κ2) is 6.74. The standard InChI is InChI=1S/C16H18N2O3/c1-3-4-11-5-7-12(8-6-11)21-15-14(17)13(9-10-18-15)16(19)20-2/h5-10H,3-4,17H2,1-2H3. The van der Waals surface area contributed by atoms with Crippen LogP contribution in [0, 0.1) is 0 Å². The van der Waals surface area contributed by atoms with Crippen molar-refractivity contribution < 1.29 is 14.3 Å². The summed E-state index contributed by atoms with van der Waals surface area (Å²) in [5.74, 6) is 0.301. The van der Waals surface area contributed by atoms with Gasteiger partial charge in [0.15, 0.2) is 0 Å². The molecule has 0 aliphatic rings. The fourth-order valence-electron chi connectivity index (χ4n) is 1.95. The molecule has 110 valence electrons. The minimum absolute atomic E-state index is 0.169. The van der Waals surface area contributed by atoms with Crippen molar-refractivity contribution in [3.05, 3.63) is 47.7 Å². The molecule has 0 saturated carbocycles. The fraction of sp³-hybridized carbons (Fsp3) is 0.250. The number of hydrogen-bond donors (Lipinski definition) is 1. The quantitative estimate of drug-likeness (QED) is 0.854. The Morgan fingerprint density at radius 3 is 2.57 bits per heavy atom. The first kappa shape index (κ1) is 14.8. The zero-order chi connectivity index (χ0) is 15.2. The van der Waals surface area contributed by atoms with Crippen molar-refractivity contribution in [3.8, 4) is 11.6 Å². The summed E-state index contributed by atoms with van der Waals surface area (Å²) < 4.78 is 10.3. The second-order valence-electron chi connectivity index (χ2n) is 4.56. The SMILES string of the molecule is CCCc1ccc(Oc2nccc(C(=O)OC)c2N)cc1. The van der Waals surface area contributed by atoms with Crippen molar-refractivity contribution >= 4 is 11.7 Å². The lowest BCUT2D eigenvalue weighted by Crippen LogP contribution is -2.07. The third kappa shape index (κ3) is 3.51. The third-order valence-electron chi connectivity index (χ3n) is 3.04. The lowest BCUT2D eigenvalue weighted by Gasteiger charge is -2.10. The van der Waals surface area contributed by atoms with Crippen LogP contribution in [-0.2, 0) is 11.2 Å². The maximum absolute atomic E-state index is 11.6. The normalized spacial score (nSPS) is 10.2. The van der Waals surface area contributed by atoms with Crippen LogP contribution in [0.3, 0.4) is 0 Å². The van der Waals surface area contributed by atoms with Crippen LogP contribution in [0.15, 0.2) is 36.5 Å². The summed E-state index contributed by atoms with van der Waals surface area (Å²) in [4.78, 5) is 15.6. The Balaban J connectivity index is 2.21. The van der Waals surface area contributed by atoms with E-state index < -0.39 is 5.97 Å². The molecule has 0 aliphatic heterocycles. The van der Waals surface area contributed by atoms with Crippen molar-refractivity contribution in [3.63, 3.8) is 0 Å². The highest BCUT2D eigenvalue weighted by Crippen LogP contribution is 2.28. The van der Waals surface area contributed by atoms with Crippen molar-refractivity contribution in [2.75, 3.05) is 12.8 Å². The Morgan fingerprint density at radius 2 is 1.95 bits per heavy atom. The molecule has 5 heteroatoms. The number of benzene rings is 1. The number of esters is 1. The number of anilines is 1. The fourth-order valence-corrected chi connectivity index (χ4v) is 1.95. The molecule has 1 heterocycles. The van der Waals surface area contributed by atoms with Crippen molar-refractivity contribution in [1.29, 1.82) is 0 Å². The molecular formula is C16H18N2O3. The molecule has 0 spiro atoms. The van der Waals surface area contributed by atoms with Crippen LogP contribution in [0.5, 0.6) is 11.6 Å². The smallest absolute Gasteiger partial charge is 0.340 e. The van der Waals surface area contributed by atoms with Gasteiger partial charge in [-0.1, -0.05) is 25.5 Å². The van der Waals surface area contributed by atoms with Gasteiger partial charge >= 0.3 is 5.97 Å². The molecule has 0 amide bonds. The molecule has 0 fully saturated rings. The Bertz CT molecular complexity index is 624. The largest absolute Gasteiger partial charge is 0.465 e. The summed E-state index contributed by atoms with van der Waals surface area (Å²) >= 11 is 0. The van der Waals surface area contributed by atoms with E-state index in [1.165, 1.54) is 24.9 Å². The molecule has 2 rings (SSSR count). The number of methoxy groups -OCH3 is 1. The number of nitrogens with zero attached hydrogens (tertiary/aromatic N) is 1. The van der Waals surface area contributed by atoms with Gasteiger partial charge in [-0.3, -0.25) is 0 Å². The van der Waals surface area contributed by atoms with E-state index in [1.807, 2.05) is 24.3 Å². The van der Waals surface area contributed by atoms with E-state index in [9.17, 15) is 4.79 Å². The van der Waals surface area contributed by atoms with E-state index in [1.54, 1.807) is 0 Å². The Hall–Kier alpha value is -2.56. The van der Waals surface area contributed by atoms with E-state index >= 15 is 0 Å². The van der Waals surface area contributed by atoms with Gasteiger partial charge in [0, 0.05) is 6.20 Å². The molecule has 2 N–H and O–H groups in total. The molecule has 0 aliphatic carbocycles. The number of carbonyl (C=O) groups excluding carboxylic acids is 1. The summed E-state index contributed by atoms with van der Waals surface area (Å²) in [5, 5.41) is 0. The maximum atomic E-state index is 11.6. The lowest BCUT2D eigenvalue weighted by molar-refractivity contribution is 0.0601. The summed E-state index contributed by atoms with van der Waals surface area (Å²) in [6.07, 6.45) is 3.58. The van der Waals surface area contributed by atoms with Gasteiger partial charge in [0.25, 0.3) is 0 Å². The van der Waals surface area contributed by atoms with Gasteiger partial charge in [-0.2, -0.15) is 0 Å². The number of ether oxygens (including phenoxy) is 2. The highest BCUT2D eigenvalue weighted by Gasteiger charge is 2.15. The van der Waals surface area contributed by atoms with Crippen LogP contribution < -0.4 is 10.5 Å². The molecule has 0 bridgehead atoms. The monoisotopic (exact) mass is 286 g/mol. The van der Waals surface area contributed by atoms with Gasteiger partial charge in [-0.15, -0.1) is 0 Å². The first-order valence-corrected chi connectivity index (χ1v) is 6.75. The van der Waals surface area contributed by atoms with Gasteiger partial charge in [-0.05, 0) is 30.2 Å². The predicted octanol–water partition coefficient (Wildman–Crippen LogP) is 3.20. The molecule has 5 nitrogen and oxygen atoms in total. The molecular weight excluding hydrogens is 268 g/mol. The minimum Gasteiger partial charge on any atom is -0.465 e. The van der Waals surface area contributed by atoms with E-state index in [2.05, 4.69) is 16.6 Å². The van der Waals surface area contributed by atoms with E-state index in [4.69, 9.17) is 10.5 Å². The van der Waals surface area contributed by atoms with Crippen LogP contribution >= 0.6 is 0 Å². The van der Waals surface area contributed by atoms with Gasteiger partial charge in [0.05, 0.1) is 12.7 Å². The first-order valence-electron chi connectivity index (χ1n) is 6.75. The van der Waals surface area contributed by atoms with E-state index in [0.29, 0.717) is 5.75 Å². The maximum Gasteiger partial charge on any atom is 0.340 e. The number of pyridine rings is 1. The van der Waals surface area contributed by atoms with Gasteiger partial charge in [0.1, 0.15) is 11.4 Å². The molecule has 0 unspecified atom stereocenters. The second-order valence-corrected chi connectivity index (χ2v) is 4.56. The van der Waals surface area contributed by atoms with Crippen molar-refractivity contribution in [1.82, 2.24) is 4.98 Å². The molecule has 0 radical (unpaired) electrons. The molecule has 2 aromatic rings. The van der Waals surface area contributed by atoms with Gasteiger partial charge < -0.3 is 15.2 Å². The number of aryl methyl sites for hydroxylation is 1.